The van der Waals surface area contributed by atoms with E-state index in [1.165, 1.54) is 25.3 Å². The fourth-order valence-electron chi connectivity index (χ4n) is 3.19. The third kappa shape index (κ3) is 2.65. The Hall–Kier alpha value is -2.97. The molecule has 8 heteroatoms. The Bertz CT molecular complexity index is 1190. The molecule has 1 aliphatic heterocycles. The lowest BCUT2D eigenvalue weighted by atomic mass is 10.0. The Morgan fingerprint density at radius 1 is 0.963 bits per heavy atom. The van der Waals surface area contributed by atoms with E-state index < -0.39 is 10.0 Å². The molecular weight excluding hydrogens is 366 g/mol. The van der Waals surface area contributed by atoms with Crippen molar-refractivity contribution < 1.29 is 18.0 Å². The SMILES string of the molecule is COc1c(C2=NS(=O)(=O)c3ccccc32)nc(N(C)OC)c2ccccc12. The highest BCUT2D eigenvalue weighted by Crippen LogP contribution is 2.38. The van der Waals surface area contributed by atoms with Crippen molar-refractivity contribution in [3.8, 4) is 5.75 Å². The zero-order valence-corrected chi connectivity index (χ0v) is 15.8. The van der Waals surface area contributed by atoms with Gasteiger partial charge in [-0.3, -0.25) is 4.84 Å². The zero-order valence-electron chi connectivity index (χ0n) is 15.0. The maximum absolute atomic E-state index is 12.5. The van der Waals surface area contributed by atoms with Gasteiger partial charge in [0.2, 0.25) is 0 Å². The maximum atomic E-state index is 12.5. The number of aromatic nitrogens is 1. The van der Waals surface area contributed by atoms with Crippen molar-refractivity contribution >= 4 is 32.3 Å². The van der Waals surface area contributed by atoms with Gasteiger partial charge >= 0.3 is 0 Å². The molecule has 1 aliphatic rings. The number of nitrogens with zero attached hydrogens (tertiary/aromatic N) is 3. The fourth-order valence-corrected chi connectivity index (χ4v) is 4.41. The Labute approximate surface area is 156 Å². The summed E-state index contributed by atoms with van der Waals surface area (Å²) in [6, 6.07) is 14.3. The topological polar surface area (TPSA) is 81.1 Å². The summed E-state index contributed by atoms with van der Waals surface area (Å²) in [5.41, 5.74) is 1.12. The van der Waals surface area contributed by atoms with E-state index in [1.807, 2.05) is 24.3 Å². The number of rotatable bonds is 4. The molecule has 4 rings (SSSR count). The average Bonchev–Trinajstić information content (AvgIpc) is 2.97. The minimum absolute atomic E-state index is 0.165. The Kier molecular flexibility index (Phi) is 4.09. The first-order valence-corrected chi connectivity index (χ1v) is 9.61. The number of hydroxylamine groups is 1. The molecule has 0 spiro atoms. The fraction of sp³-hybridized carbons (Fsp3) is 0.158. The van der Waals surface area contributed by atoms with E-state index >= 15 is 0 Å². The molecule has 2 heterocycles. The van der Waals surface area contributed by atoms with Crippen LogP contribution < -0.4 is 9.80 Å². The predicted octanol–water partition coefficient (Wildman–Crippen LogP) is 2.78. The van der Waals surface area contributed by atoms with Gasteiger partial charge in [-0.15, -0.1) is 0 Å². The first kappa shape index (κ1) is 17.4. The maximum Gasteiger partial charge on any atom is 0.283 e. The second-order valence-electron chi connectivity index (χ2n) is 5.95. The lowest BCUT2D eigenvalue weighted by Crippen LogP contribution is -2.19. The van der Waals surface area contributed by atoms with Gasteiger partial charge in [0.05, 0.1) is 19.1 Å². The van der Waals surface area contributed by atoms with Gasteiger partial charge in [-0.1, -0.05) is 42.5 Å². The van der Waals surface area contributed by atoms with Crippen LogP contribution in [0.5, 0.6) is 5.75 Å². The van der Waals surface area contributed by atoms with Crippen LogP contribution in [0.25, 0.3) is 10.8 Å². The third-order valence-electron chi connectivity index (χ3n) is 4.48. The molecule has 0 fully saturated rings. The van der Waals surface area contributed by atoms with Gasteiger partial charge in [0.25, 0.3) is 10.0 Å². The van der Waals surface area contributed by atoms with Gasteiger partial charge in [0.15, 0.2) is 11.6 Å². The first-order valence-electron chi connectivity index (χ1n) is 8.17. The standard InChI is InChI=1S/C19H17N3O4S/c1-22(26-3)19-13-9-5-4-8-12(13)18(25-2)17(20-19)16-14-10-6-7-11-15(14)27(23,24)21-16/h4-11H,1-3H3. The lowest BCUT2D eigenvalue weighted by Gasteiger charge is -2.20. The van der Waals surface area contributed by atoms with Crippen LogP contribution in [0.15, 0.2) is 57.8 Å². The predicted molar refractivity (Wildman–Crippen MR) is 103 cm³/mol. The number of methoxy groups -OCH3 is 1. The van der Waals surface area contributed by atoms with Gasteiger partial charge in [0, 0.05) is 23.4 Å². The zero-order chi connectivity index (χ0) is 19.2. The molecule has 0 aliphatic carbocycles. The van der Waals surface area contributed by atoms with Crippen LogP contribution in [-0.2, 0) is 14.9 Å². The van der Waals surface area contributed by atoms with Crippen LogP contribution in [0.1, 0.15) is 11.3 Å². The molecule has 0 atom stereocenters. The molecule has 0 amide bonds. The summed E-state index contributed by atoms with van der Waals surface area (Å²) >= 11 is 0. The molecule has 2 aromatic carbocycles. The highest BCUT2D eigenvalue weighted by Gasteiger charge is 2.32. The third-order valence-corrected chi connectivity index (χ3v) is 5.81. The summed E-state index contributed by atoms with van der Waals surface area (Å²) in [5, 5.41) is 3.12. The number of pyridine rings is 1. The van der Waals surface area contributed by atoms with E-state index in [0.29, 0.717) is 22.8 Å². The highest BCUT2D eigenvalue weighted by atomic mass is 32.2. The molecule has 0 saturated heterocycles. The van der Waals surface area contributed by atoms with E-state index in [0.717, 1.165) is 10.8 Å². The van der Waals surface area contributed by atoms with Gasteiger partial charge in [-0.05, 0) is 6.07 Å². The number of benzene rings is 2. The average molecular weight is 383 g/mol. The number of sulfonamides is 1. The molecule has 1 aromatic heterocycles. The van der Waals surface area contributed by atoms with Crippen molar-refractivity contribution in [2.75, 3.05) is 26.3 Å². The van der Waals surface area contributed by atoms with Crippen LogP contribution in [0, 0.1) is 0 Å². The molecule has 0 N–H and O–H groups in total. The van der Waals surface area contributed by atoms with Crippen molar-refractivity contribution in [1.82, 2.24) is 4.98 Å². The van der Waals surface area contributed by atoms with E-state index in [2.05, 4.69) is 9.38 Å². The van der Waals surface area contributed by atoms with E-state index in [1.54, 1.807) is 25.2 Å². The smallest absolute Gasteiger partial charge is 0.283 e. The number of ether oxygens (including phenoxy) is 1. The quantitative estimate of drug-likeness (QED) is 0.645. The van der Waals surface area contributed by atoms with E-state index in [4.69, 9.17) is 9.57 Å². The normalized spacial score (nSPS) is 14.7. The Morgan fingerprint density at radius 2 is 1.63 bits per heavy atom. The molecule has 3 aromatic rings. The Balaban J connectivity index is 2.09. The second kappa shape index (κ2) is 6.33. The van der Waals surface area contributed by atoms with Gasteiger partial charge in [-0.25, -0.2) is 10.0 Å². The number of fused-ring (bicyclic) bond motifs is 2. The van der Waals surface area contributed by atoms with Crippen LogP contribution >= 0.6 is 0 Å². The minimum Gasteiger partial charge on any atom is -0.494 e. The van der Waals surface area contributed by atoms with Crippen molar-refractivity contribution in [3.63, 3.8) is 0 Å². The van der Waals surface area contributed by atoms with Crippen LogP contribution in [-0.4, -0.2) is 40.4 Å². The minimum atomic E-state index is -3.77. The molecule has 0 saturated carbocycles. The first-order chi connectivity index (χ1) is 13.0. The lowest BCUT2D eigenvalue weighted by molar-refractivity contribution is 0.183. The summed E-state index contributed by atoms with van der Waals surface area (Å²) in [6.07, 6.45) is 0. The summed E-state index contributed by atoms with van der Waals surface area (Å²) in [6.45, 7) is 0. The summed E-state index contributed by atoms with van der Waals surface area (Å²) in [5.74, 6) is 0.998. The highest BCUT2D eigenvalue weighted by molar-refractivity contribution is 7.90. The molecule has 0 bridgehead atoms. The van der Waals surface area contributed by atoms with Gasteiger partial charge in [-0.2, -0.15) is 12.8 Å². The molecular formula is C19H17N3O4S. The van der Waals surface area contributed by atoms with Gasteiger partial charge in [0.1, 0.15) is 11.4 Å². The van der Waals surface area contributed by atoms with Crippen LogP contribution in [0.2, 0.25) is 0 Å². The van der Waals surface area contributed by atoms with E-state index in [9.17, 15) is 8.42 Å². The molecule has 7 nitrogen and oxygen atoms in total. The van der Waals surface area contributed by atoms with Crippen LogP contribution in [0.4, 0.5) is 5.82 Å². The van der Waals surface area contributed by atoms with Crippen molar-refractivity contribution in [1.29, 1.82) is 0 Å². The van der Waals surface area contributed by atoms with Crippen molar-refractivity contribution in [3.05, 3.63) is 59.8 Å². The number of anilines is 1. The van der Waals surface area contributed by atoms with Crippen LogP contribution in [0.3, 0.4) is 0 Å². The number of hydrogen-bond acceptors (Lipinski definition) is 6. The summed E-state index contributed by atoms with van der Waals surface area (Å²) < 4.78 is 34.6. The second-order valence-corrected chi connectivity index (χ2v) is 7.53. The largest absolute Gasteiger partial charge is 0.494 e. The van der Waals surface area contributed by atoms with Crippen molar-refractivity contribution in [2.45, 2.75) is 4.90 Å². The molecule has 27 heavy (non-hydrogen) atoms. The molecule has 138 valence electrons. The molecule has 0 radical (unpaired) electrons. The Morgan fingerprint density at radius 3 is 2.33 bits per heavy atom. The molecule has 0 unspecified atom stereocenters. The number of hydrogen-bond donors (Lipinski definition) is 0. The van der Waals surface area contributed by atoms with E-state index in [-0.39, 0.29) is 10.6 Å². The van der Waals surface area contributed by atoms with Crippen molar-refractivity contribution in [2.24, 2.45) is 4.40 Å². The monoisotopic (exact) mass is 383 g/mol. The summed E-state index contributed by atoms with van der Waals surface area (Å²) in [4.78, 5) is 10.2. The summed E-state index contributed by atoms with van der Waals surface area (Å²) in [7, 11) is 1.02. The van der Waals surface area contributed by atoms with Gasteiger partial charge < -0.3 is 4.74 Å².